The van der Waals surface area contributed by atoms with Gasteiger partial charge in [-0.15, -0.1) is 0 Å². The van der Waals surface area contributed by atoms with Crippen molar-refractivity contribution >= 4 is 11.7 Å². The zero-order chi connectivity index (χ0) is 14.6. The number of oxime groups is 1. The molecule has 1 aliphatic rings. The Morgan fingerprint density at radius 3 is 2.80 bits per heavy atom. The van der Waals surface area contributed by atoms with Crippen molar-refractivity contribution in [2.24, 2.45) is 16.3 Å². The molecule has 8 nitrogen and oxygen atoms in total. The molecule has 20 heavy (non-hydrogen) atoms. The molecule has 1 amide bonds. The summed E-state index contributed by atoms with van der Waals surface area (Å²) in [6.45, 7) is 2.10. The van der Waals surface area contributed by atoms with Crippen LogP contribution in [0.5, 0.6) is 0 Å². The second kappa shape index (κ2) is 5.89. The van der Waals surface area contributed by atoms with E-state index in [1.807, 2.05) is 0 Å². The number of amidine groups is 1. The van der Waals surface area contributed by atoms with E-state index in [1.54, 1.807) is 6.92 Å². The van der Waals surface area contributed by atoms with Crippen molar-refractivity contribution in [3.8, 4) is 0 Å². The lowest BCUT2D eigenvalue weighted by molar-refractivity contribution is -0.127. The molecule has 1 fully saturated rings. The fraction of sp³-hybridized carbons (Fsp3) is 0.667. The van der Waals surface area contributed by atoms with Gasteiger partial charge in [0.25, 0.3) is 0 Å². The number of hydrogen-bond acceptors (Lipinski definition) is 6. The third kappa shape index (κ3) is 2.73. The summed E-state index contributed by atoms with van der Waals surface area (Å²) in [5.74, 6) is 0.829. The quantitative estimate of drug-likeness (QED) is 0.309. The van der Waals surface area contributed by atoms with Crippen LogP contribution in [0.4, 0.5) is 0 Å². The first-order chi connectivity index (χ1) is 9.58. The topological polar surface area (TPSA) is 127 Å². The second-order valence-electron chi connectivity index (χ2n) is 5.01. The Bertz CT molecular complexity index is 505. The van der Waals surface area contributed by atoms with Gasteiger partial charge in [0, 0.05) is 19.9 Å². The molecule has 110 valence electrons. The number of aryl methyl sites for hydroxylation is 1. The van der Waals surface area contributed by atoms with Gasteiger partial charge in [-0.05, 0) is 12.8 Å². The summed E-state index contributed by atoms with van der Waals surface area (Å²) in [5.41, 5.74) is 4.83. The zero-order valence-electron chi connectivity index (χ0n) is 11.4. The lowest BCUT2D eigenvalue weighted by Crippen LogP contribution is -2.48. The van der Waals surface area contributed by atoms with Crippen molar-refractivity contribution in [1.29, 1.82) is 0 Å². The van der Waals surface area contributed by atoms with Crippen molar-refractivity contribution in [1.82, 2.24) is 15.5 Å². The molecule has 1 aromatic heterocycles. The molecule has 0 radical (unpaired) electrons. The minimum atomic E-state index is -0.873. The predicted molar refractivity (Wildman–Crippen MR) is 70.1 cm³/mol. The highest BCUT2D eigenvalue weighted by Gasteiger charge is 2.45. The van der Waals surface area contributed by atoms with Crippen LogP contribution in [-0.2, 0) is 11.2 Å². The van der Waals surface area contributed by atoms with Crippen LogP contribution in [0.3, 0.4) is 0 Å². The normalized spacial score (nSPS) is 18.1. The Morgan fingerprint density at radius 1 is 1.55 bits per heavy atom. The van der Waals surface area contributed by atoms with Crippen molar-refractivity contribution < 1.29 is 14.5 Å². The summed E-state index contributed by atoms with van der Waals surface area (Å²) in [6.07, 6.45) is 3.49. The molecule has 0 spiro atoms. The van der Waals surface area contributed by atoms with Crippen LogP contribution in [0.15, 0.2) is 9.68 Å². The van der Waals surface area contributed by atoms with E-state index in [4.69, 9.17) is 15.5 Å². The van der Waals surface area contributed by atoms with Crippen LogP contribution in [-0.4, -0.2) is 33.6 Å². The third-order valence-corrected chi connectivity index (χ3v) is 3.69. The maximum absolute atomic E-state index is 12.3. The number of carbonyl (C=O) groups is 1. The van der Waals surface area contributed by atoms with E-state index < -0.39 is 5.41 Å². The molecule has 1 aromatic rings. The van der Waals surface area contributed by atoms with E-state index in [-0.39, 0.29) is 11.7 Å². The van der Waals surface area contributed by atoms with E-state index in [0.717, 1.165) is 12.8 Å². The van der Waals surface area contributed by atoms with Crippen molar-refractivity contribution in [3.05, 3.63) is 11.7 Å². The van der Waals surface area contributed by atoms with Gasteiger partial charge in [0.1, 0.15) is 5.41 Å². The lowest BCUT2D eigenvalue weighted by atomic mass is 9.84. The Morgan fingerprint density at radius 2 is 2.25 bits per heavy atom. The number of nitrogens with one attached hydrogen (secondary N) is 1. The fourth-order valence-electron chi connectivity index (χ4n) is 2.57. The fourth-order valence-corrected chi connectivity index (χ4v) is 2.57. The number of nitrogens with zero attached hydrogens (tertiary/aromatic N) is 3. The van der Waals surface area contributed by atoms with Gasteiger partial charge in [0.2, 0.25) is 11.8 Å². The maximum atomic E-state index is 12.3. The van der Waals surface area contributed by atoms with E-state index in [9.17, 15) is 4.79 Å². The first-order valence-corrected chi connectivity index (χ1v) is 6.64. The lowest BCUT2D eigenvalue weighted by Gasteiger charge is -2.25. The molecule has 0 aromatic carbocycles. The molecule has 0 aliphatic heterocycles. The Hall–Kier alpha value is -2.12. The Kier molecular flexibility index (Phi) is 4.21. The predicted octanol–water partition coefficient (Wildman–Crippen LogP) is 0.344. The standard InChI is InChI=1S/C12H19N5O3/c1-8-15-9(17-20-8)4-7-14-11(18)12(10(13)16-19)5-2-3-6-12/h19H,2-7H2,1H3,(H2,13,16)(H,14,18). The second-order valence-corrected chi connectivity index (χ2v) is 5.01. The van der Waals surface area contributed by atoms with E-state index in [1.165, 1.54) is 0 Å². The van der Waals surface area contributed by atoms with Gasteiger partial charge in [0.05, 0.1) is 0 Å². The molecule has 0 atom stereocenters. The number of rotatable bonds is 5. The first kappa shape index (κ1) is 14.3. The Balaban J connectivity index is 1.93. The average molecular weight is 281 g/mol. The van der Waals surface area contributed by atoms with Gasteiger partial charge in [-0.25, -0.2) is 0 Å². The largest absolute Gasteiger partial charge is 0.409 e. The van der Waals surface area contributed by atoms with Gasteiger partial charge < -0.3 is 20.8 Å². The molecule has 1 aliphatic carbocycles. The van der Waals surface area contributed by atoms with Crippen LogP contribution in [0.1, 0.15) is 37.4 Å². The third-order valence-electron chi connectivity index (χ3n) is 3.69. The number of nitrogens with two attached hydrogens (primary N) is 1. The van der Waals surface area contributed by atoms with Crippen molar-refractivity contribution in [3.63, 3.8) is 0 Å². The summed E-state index contributed by atoms with van der Waals surface area (Å²) in [4.78, 5) is 16.4. The minimum Gasteiger partial charge on any atom is -0.409 e. The highest BCUT2D eigenvalue weighted by Crippen LogP contribution is 2.38. The molecular formula is C12H19N5O3. The summed E-state index contributed by atoms with van der Waals surface area (Å²) in [6, 6.07) is 0. The SMILES string of the molecule is Cc1nc(CCNC(=O)C2(C(N)=NO)CCCC2)no1. The molecule has 1 heterocycles. The average Bonchev–Trinajstić information content (AvgIpc) is 3.07. The minimum absolute atomic E-state index is 0.0112. The summed E-state index contributed by atoms with van der Waals surface area (Å²) >= 11 is 0. The molecular weight excluding hydrogens is 262 g/mol. The number of aromatic nitrogens is 2. The number of carbonyl (C=O) groups excluding carboxylic acids is 1. The molecule has 8 heteroatoms. The smallest absolute Gasteiger partial charge is 0.233 e. The molecule has 1 saturated carbocycles. The summed E-state index contributed by atoms with van der Waals surface area (Å²) < 4.78 is 4.85. The van der Waals surface area contributed by atoms with Gasteiger partial charge >= 0.3 is 0 Å². The molecule has 2 rings (SSSR count). The summed E-state index contributed by atoms with van der Waals surface area (Å²) in [5, 5.41) is 18.5. The maximum Gasteiger partial charge on any atom is 0.233 e. The highest BCUT2D eigenvalue weighted by molar-refractivity contribution is 6.07. The van der Waals surface area contributed by atoms with Crippen LogP contribution in [0.25, 0.3) is 0 Å². The van der Waals surface area contributed by atoms with Gasteiger partial charge in [-0.1, -0.05) is 23.2 Å². The summed E-state index contributed by atoms with van der Waals surface area (Å²) in [7, 11) is 0. The van der Waals surface area contributed by atoms with Crippen LogP contribution < -0.4 is 11.1 Å². The molecule has 0 bridgehead atoms. The first-order valence-electron chi connectivity index (χ1n) is 6.64. The van der Waals surface area contributed by atoms with Crippen LogP contribution in [0, 0.1) is 12.3 Å². The molecule has 4 N–H and O–H groups in total. The zero-order valence-corrected chi connectivity index (χ0v) is 11.4. The number of hydrogen-bond donors (Lipinski definition) is 3. The van der Waals surface area contributed by atoms with Crippen molar-refractivity contribution in [2.75, 3.05) is 6.54 Å². The number of amides is 1. The van der Waals surface area contributed by atoms with Crippen molar-refractivity contribution in [2.45, 2.75) is 39.0 Å². The van der Waals surface area contributed by atoms with E-state index >= 15 is 0 Å². The van der Waals surface area contributed by atoms with Crippen LogP contribution in [0.2, 0.25) is 0 Å². The van der Waals surface area contributed by atoms with Gasteiger partial charge in [-0.3, -0.25) is 4.79 Å². The molecule has 0 saturated heterocycles. The van der Waals surface area contributed by atoms with E-state index in [2.05, 4.69) is 20.6 Å². The van der Waals surface area contributed by atoms with Crippen LogP contribution >= 0.6 is 0 Å². The van der Waals surface area contributed by atoms with Gasteiger partial charge in [0.15, 0.2) is 11.7 Å². The van der Waals surface area contributed by atoms with E-state index in [0.29, 0.717) is 37.5 Å². The molecule has 0 unspecified atom stereocenters. The van der Waals surface area contributed by atoms with Gasteiger partial charge in [-0.2, -0.15) is 4.98 Å². The monoisotopic (exact) mass is 281 g/mol. The highest BCUT2D eigenvalue weighted by atomic mass is 16.5. The Labute approximate surface area is 116 Å².